The zero-order valence-electron chi connectivity index (χ0n) is 18.2. The Morgan fingerprint density at radius 2 is 2.06 bits per heavy atom. The van der Waals surface area contributed by atoms with Crippen molar-refractivity contribution in [1.82, 2.24) is 14.9 Å². The molecule has 1 atom stereocenters. The largest absolute Gasteiger partial charge is 0.419 e. The van der Waals surface area contributed by atoms with Gasteiger partial charge in [0.15, 0.2) is 0 Å². The summed E-state index contributed by atoms with van der Waals surface area (Å²) >= 11 is 0. The standard InChI is InChI=1S/C21H27F4N7/c1-4-32-9-5-6-14(12-32)28-18-10-13(2)27-20(29-18)30-19(26)31(3)15-7-8-17(22)16(11-15)21(23,24)25/h7-8,10-11,14H,4-6,9,12H2,1-3H3,(H3,26,27,28,29,30). The van der Waals surface area contributed by atoms with Gasteiger partial charge in [-0.1, -0.05) is 6.92 Å². The molecule has 1 aliphatic heterocycles. The van der Waals surface area contributed by atoms with Crippen LogP contribution in [0.15, 0.2) is 29.3 Å². The summed E-state index contributed by atoms with van der Waals surface area (Å²) in [4.78, 5) is 16.4. The van der Waals surface area contributed by atoms with Crippen molar-refractivity contribution in [2.24, 2.45) is 10.7 Å². The summed E-state index contributed by atoms with van der Waals surface area (Å²) in [5, 5.41) is 3.41. The van der Waals surface area contributed by atoms with Crippen LogP contribution in [0.4, 0.5) is 35.0 Å². The van der Waals surface area contributed by atoms with E-state index in [4.69, 9.17) is 5.73 Å². The molecule has 0 saturated carbocycles. The molecule has 174 valence electrons. The number of nitrogens with zero attached hydrogens (tertiary/aromatic N) is 5. The molecule has 1 fully saturated rings. The highest BCUT2D eigenvalue weighted by molar-refractivity contribution is 5.95. The molecule has 3 N–H and O–H groups in total. The van der Waals surface area contributed by atoms with Crippen LogP contribution in [0.2, 0.25) is 0 Å². The highest BCUT2D eigenvalue weighted by atomic mass is 19.4. The number of aromatic nitrogens is 2. The van der Waals surface area contributed by atoms with Gasteiger partial charge in [0.1, 0.15) is 11.6 Å². The predicted octanol–water partition coefficient (Wildman–Crippen LogP) is 3.92. The lowest BCUT2D eigenvalue weighted by Gasteiger charge is -2.32. The zero-order valence-corrected chi connectivity index (χ0v) is 18.2. The predicted molar refractivity (Wildman–Crippen MR) is 117 cm³/mol. The quantitative estimate of drug-likeness (QED) is 0.406. The summed E-state index contributed by atoms with van der Waals surface area (Å²) in [6.45, 7) is 6.89. The van der Waals surface area contributed by atoms with Gasteiger partial charge in [0.25, 0.3) is 5.95 Å². The fraction of sp³-hybridized carbons (Fsp3) is 0.476. The average Bonchev–Trinajstić information content (AvgIpc) is 2.72. The van der Waals surface area contributed by atoms with Crippen LogP contribution in [-0.2, 0) is 6.18 Å². The van der Waals surface area contributed by atoms with Crippen LogP contribution >= 0.6 is 0 Å². The Bertz CT molecular complexity index is 977. The summed E-state index contributed by atoms with van der Waals surface area (Å²) < 4.78 is 52.6. The number of nitrogens with one attached hydrogen (secondary N) is 1. The number of hydrogen-bond donors (Lipinski definition) is 2. The minimum atomic E-state index is -4.82. The van der Waals surface area contributed by atoms with E-state index in [1.165, 1.54) is 18.0 Å². The second kappa shape index (κ2) is 9.68. The third kappa shape index (κ3) is 5.84. The summed E-state index contributed by atoms with van der Waals surface area (Å²) in [7, 11) is 1.43. The smallest absolute Gasteiger partial charge is 0.369 e. The molecular weight excluding hydrogens is 426 g/mol. The SMILES string of the molecule is CCN1CCCC(Nc2cc(C)nc(N=C(N)N(C)c3ccc(F)c(C(F)(F)F)c3)n2)C1. The van der Waals surface area contributed by atoms with E-state index < -0.39 is 17.6 Å². The Hall–Kier alpha value is -2.95. The molecule has 2 aromatic rings. The van der Waals surface area contributed by atoms with E-state index >= 15 is 0 Å². The third-order valence-electron chi connectivity index (χ3n) is 5.35. The molecule has 1 unspecified atom stereocenters. The Balaban J connectivity index is 1.80. The minimum absolute atomic E-state index is 0.0350. The van der Waals surface area contributed by atoms with Gasteiger partial charge < -0.3 is 20.9 Å². The molecule has 3 rings (SSSR count). The van der Waals surface area contributed by atoms with Crippen molar-refractivity contribution in [3.05, 3.63) is 41.3 Å². The monoisotopic (exact) mass is 453 g/mol. The summed E-state index contributed by atoms with van der Waals surface area (Å²) in [5.41, 5.74) is 5.32. The first-order chi connectivity index (χ1) is 15.1. The van der Waals surface area contributed by atoms with E-state index in [9.17, 15) is 17.6 Å². The van der Waals surface area contributed by atoms with Crippen molar-refractivity contribution < 1.29 is 17.6 Å². The van der Waals surface area contributed by atoms with Crippen LogP contribution in [0.5, 0.6) is 0 Å². The molecule has 1 aromatic carbocycles. The molecule has 11 heteroatoms. The molecule has 0 spiro atoms. The Kier molecular flexibility index (Phi) is 7.17. The second-order valence-electron chi connectivity index (χ2n) is 7.76. The zero-order chi connectivity index (χ0) is 23.5. The van der Waals surface area contributed by atoms with Crippen LogP contribution in [0, 0.1) is 12.7 Å². The maximum atomic E-state index is 13.6. The van der Waals surface area contributed by atoms with Crippen LogP contribution < -0.4 is 16.0 Å². The van der Waals surface area contributed by atoms with E-state index in [-0.39, 0.29) is 23.6 Å². The van der Waals surface area contributed by atoms with Gasteiger partial charge in [-0.15, -0.1) is 0 Å². The fourth-order valence-electron chi connectivity index (χ4n) is 3.60. The van der Waals surface area contributed by atoms with Crippen LogP contribution in [0.3, 0.4) is 0 Å². The first kappa shape index (κ1) is 23.7. The van der Waals surface area contributed by atoms with Crippen molar-refractivity contribution in [3.8, 4) is 0 Å². The molecule has 0 amide bonds. The molecular formula is C21H27F4N7. The van der Waals surface area contributed by atoms with E-state index in [0.717, 1.165) is 38.5 Å². The lowest BCUT2D eigenvalue weighted by molar-refractivity contribution is -0.139. The number of likely N-dealkylation sites (N-methyl/N-ethyl adjacent to an activating group) is 1. The fourth-order valence-corrected chi connectivity index (χ4v) is 3.60. The number of piperidine rings is 1. The Morgan fingerprint density at radius 1 is 1.31 bits per heavy atom. The van der Waals surface area contributed by atoms with Gasteiger partial charge in [0.05, 0.1) is 5.56 Å². The van der Waals surface area contributed by atoms with E-state index in [2.05, 4.69) is 32.1 Å². The molecule has 1 saturated heterocycles. The molecule has 1 aliphatic rings. The molecule has 7 nitrogen and oxygen atoms in total. The van der Waals surface area contributed by atoms with Crippen molar-refractivity contribution in [1.29, 1.82) is 0 Å². The van der Waals surface area contributed by atoms with E-state index in [1.54, 1.807) is 13.0 Å². The first-order valence-corrected chi connectivity index (χ1v) is 10.4. The summed E-state index contributed by atoms with van der Waals surface area (Å²) in [6.07, 6.45) is -2.70. The average molecular weight is 453 g/mol. The van der Waals surface area contributed by atoms with Crippen LogP contribution in [0.25, 0.3) is 0 Å². The van der Waals surface area contributed by atoms with Crippen LogP contribution in [0.1, 0.15) is 31.0 Å². The van der Waals surface area contributed by atoms with E-state index in [1.807, 2.05) is 0 Å². The highest BCUT2D eigenvalue weighted by Crippen LogP contribution is 2.33. The topological polar surface area (TPSA) is 82.7 Å². The normalized spacial score (nSPS) is 18.0. The molecule has 0 radical (unpaired) electrons. The van der Waals surface area contributed by atoms with Crippen molar-refractivity contribution in [3.63, 3.8) is 0 Å². The van der Waals surface area contributed by atoms with Crippen molar-refractivity contribution >= 4 is 23.4 Å². The number of aryl methyl sites for hydroxylation is 1. The maximum absolute atomic E-state index is 13.6. The van der Waals surface area contributed by atoms with Crippen molar-refractivity contribution in [2.45, 2.75) is 38.9 Å². The van der Waals surface area contributed by atoms with Gasteiger partial charge in [-0.2, -0.15) is 23.1 Å². The molecule has 0 aliphatic carbocycles. The number of likely N-dealkylation sites (tertiary alicyclic amines) is 1. The maximum Gasteiger partial charge on any atom is 0.419 e. The van der Waals surface area contributed by atoms with Gasteiger partial charge in [-0.3, -0.25) is 0 Å². The number of aliphatic imine (C=N–C) groups is 1. The Morgan fingerprint density at radius 3 is 2.75 bits per heavy atom. The lowest BCUT2D eigenvalue weighted by Crippen LogP contribution is -2.42. The molecule has 1 aromatic heterocycles. The van der Waals surface area contributed by atoms with Crippen LogP contribution in [-0.4, -0.2) is 53.6 Å². The number of anilines is 2. The summed E-state index contributed by atoms with van der Waals surface area (Å²) in [6, 6.07) is 4.68. The molecule has 32 heavy (non-hydrogen) atoms. The second-order valence-corrected chi connectivity index (χ2v) is 7.76. The summed E-state index contributed by atoms with van der Waals surface area (Å²) in [5.74, 6) is -0.794. The van der Waals surface area contributed by atoms with Gasteiger partial charge in [-0.05, 0) is 51.1 Å². The number of guanidine groups is 1. The number of rotatable bonds is 5. The number of alkyl halides is 3. The third-order valence-corrected chi connectivity index (χ3v) is 5.35. The van der Waals surface area contributed by atoms with Gasteiger partial charge in [0.2, 0.25) is 5.96 Å². The molecule has 2 heterocycles. The van der Waals surface area contributed by atoms with Gasteiger partial charge >= 0.3 is 6.18 Å². The lowest BCUT2D eigenvalue weighted by atomic mass is 10.1. The Labute approximate surface area is 184 Å². The van der Waals surface area contributed by atoms with Crippen molar-refractivity contribution in [2.75, 3.05) is 36.9 Å². The number of nitrogens with two attached hydrogens (primary N) is 1. The number of halogens is 4. The minimum Gasteiger partial charge on any atom is -0.369 e. The van der Waals surface area contributed by atoms with Gasteiger partial charge in [0, 0.05) is 37.1 Å². The van der Waals surface area contributed by atoms with E-state index in [0.29, 0.717) is 17.6 Å². The number of benzene rings is 1. The number of hydrogen-bond acceptors (Lipinski definition) is 5. The molecule has 0 bridgehead atoms. The van der Waals surface area contributed by atoms with Gasteiger partial charge in [-0.25, -0.2) is 9.37 Å². The highest BCUT2D eigenvalue weighted by Gasteiger charge is 2.34. The first-order valence-electron chi connectivity index (χ1n) is 10.4.